The molecule has 0 amide bonds. The van der Waals surface area contributed by atoms with Crippen molar-refractivity contribution in [1.82, 2.24) is 0 Å². The van der Waals surface area contributed by atoms with Crippen LogP contribution in [0.5, 0.6) is 0 Å². The summed E-state index contributed by atoms with van der Waals surface area (Å²) in [7, 11) is 0. The van der Waals surface area contributed by atoms with Gasteiger partial charge in [-0.1, -0.05) is 0 Å². The minimum absolute atomic E-state index is 0.767. The van der Waals surface area contributed by atoms with Gasteiger partial charge >= 0.3 is 177 Å². The van der Waals surface area contributed by atoms with Crippen LogP contribution in [0, 0.1) is 0 Å². The molecule has 26 heavy (non-hydrogen) atoms. The zero-order valence-electron chi connectivity index (χ0n) is 19.3. The van der Waals surface area contributed by atoms with Crippen LogP contribution in [0.4, 0.5) is 0 Å². The molecule has 0 saturated carbocycles. The summed E-state index contributed by atoms with van der Waals surface area (Å²) in [6.45, 7) is 7.00. The monoisotopic (exact) mass is 448 g/mol. The molecule has 0 spiro atoms. The summed E-state index contributed by atoms with van der Waals surface area (Å²) in [5.74, 6) is -0.767. The molecule has 0 heterocycles. The number of hydrogen-bond acceptors (Lipinski definition) is 0. The summed E-state index contributed by atoms with van der Waals surface area (Å²) in [6, 6.07) is 0. The first-order chi connectivity index (χ1) is 12.7. The predicted octanol–water partition coefficient (Wildman–Crippen LogP) is 8.10. The van der Waals surface area contributed by atoms with Gasteiger partial charge in [-0.05, 0) is 0 Å². The molecule has 0 fully saturated rings. The van der Waals surface area contributed by atoms with Gasteiger partial charge < -0.3 is 0 Å². The molecular weight excluding hydrogens is 392 g/mol. The van der Waals surface area contributed by atoms with Crippen LogP contribution in [0.3, 0.4) is 0 Å². The standard InChI is InChI=1S/C24H55GeP/c1-4-7-10-13-16-19-22-26(25,23-20-17-14-11-8-5-2)24-21-18-15-12-9-6-3/h26H,4-24H2,1-3,25H3. The number of unbranched alkanes of at least 4 members (excludes halogenated alkanes) is 15. The van der Waals surface area contributed by atoms with E-state index in [0.29, 0.717) is 0 Å². The van der Waals surface area contributed by atoms with E-state index in [1.165, 1.54) is 96.3 Å². The Morgan fingerprint density at radius 3 is 0.885 bits per heavy atom. The zero-order chi connectivity index (χ0) is 19.3. The van der Waals surface area contributed by atoms with E-state index in [-0.39, 0.29) is 0 Å². The topological polar surface area (TPSA) is 0 Å². The van der Waals surface area contributed by atoms with Crippen molar-refractivity contribution in [3.05, 3.63) is 0 Å². The molecule has 0 saturated heterocycles. The Kier molecular flexibility index (Phi) is 21.5. The first-order valence-electron chi connectivity index (χ1n) is 12.7. The fourth-order valence-electron chi connectivity index (χ4n) is 4.37. The van der Waals surface area contributed by atoms with Gasteiger partial charge in [-0.25, -0.2) is 0 Å². The van der Waals surface area contributed by atoms with Crippen molar-refractivity contribution in [2.75, 3.05) is 18.5 Å². The third kappa shape index (κ3) is 18.3. The third-order valence-corrected chi connectivity index (χ3v) is 20.5. The Balaban J connectivity index is 4.02. The van der Waals surface area contributed by atoms with E-state index in [1.807, 2.05) is 0 Å². The Morgan fingerprint density at radius 1 is 0.385 bits per heavy atom. The molecule has 0 radical (unpaired) electrons. The van der Waals surface area contributed by atoms with Crippen LogP contribution in [0.2, 0.25) is 0 Å². The van der Waals surface area contributed by atoms with Crippen LogP contribution in [0.25, 0.3) is 0 Å². The number of rotatable bonds is 21. The summed E-state index contributed by atoms with van der Waals surface area (Å²) < 4.78 is 0. The first-order valence-corrected chi connectivity index (χ1v) is 22.1. The molecule has 0 aromatic rings. The van der Waals surface area contributed by atoms with Crippen LogP contribution in [0.15, 0.2) is 0 Å². The van der Waals surface area contributed by atoms with E-state index < -0.39 is 5.87 Å². The summed E-state index contributed by atoms with van der Waals surface area (Å²) in [6.07, 6.45) is 32.1. The van der Waals surface area contributed by atoms with Gasteiger partial charge in [-0.2, -0.15) is 0 Å². The SMILES string of the molecule is CCCCCCCC[PH]([GeH3])(CCCCCCCC)CCCCCCCC. The molecule has 160 valence electrons. The molecule has 0 bridgehead atoms. The van der Waals surface area contributed by atoms with Crippen molar-refractivity contribution in [1.29, 1.82) is 0 Å². The third-order valence-electron chi connectivity index (χ3n) is 6.40. The van der Waals surface area contributed by atoms with Crippen LogP contribution in [0.1, 0.15) is 136 Å². The quantitative estimate of drug-likeness (QED) is 0.0948. The van der Waals surface area contributed by atoms with Gasteiger partial charge in [0, 0.05) is 0 Å². The van der Waals surface area contributed by atoms with Crippen molar-refractivity contribution < 1.29 is 0 Å². The molecule has 0 rings (SSSR count). The van der Waals surface area contributed by atoms with Crippen LogP contribution in [-0.4, -0.2) is 34.5 Å². The van der Waals surface area contributed by atoms with Crippen LogP contribution >= 0.6 is 5.87 Å². The summed E-state index contributed by atoms with van der Waals surface area (Å²) in [5, 5.41) is 0. The van der Waals surface area contributed by atoms with Crippen LogP contribution < -0.4 is 0 Å². The molecule has 0 unspecified atom stereocenters. The van der Waals surface area contributed by atoms with Crippen molar-refractivity contribution in [2.45, 2.75) is 136 Å². The van der Waals surface area contributed by atoms with E-state index in [0.717, 1.165) is 16.1 Å². The molecule has 2 heteroatoms. The Labute approximate surface area is 176 Å². The average Bonchev–Trinajstić information content (AvgIpc) is 2.64. The van der Waals surface area contributed by atoms with E-state index in [4.69, 9.17) is 0 Å². The van der Waals surface area contributed by atoms with Gasteiger partial charge in [0.25, 0.3) is 0 Å². The Hall–Kier alpha value is 0.973. The second-order valence-corrected chi connectivity index (χ2v) is 27.8. The molecular formula is C24H55GeP. The maximum absolute atomic E-state index is 2.33. The fraction of sp³-hybridized carbons (Fsp3) is 1.00. The minimum atomic E-state index is -0.767. The van der Waals surface area contributed by atoms with Gasteiger partial charge in [0.1, 0.15) is 0 Å². The van der Waals surface area contributed by atoms with E-state index in [1.54, 1.807) is 37.7 Å². The molecule has 0 nitrogen and oxygen atoms in total. The Bertz CT molecular complexity index is 226. The molecule has 0 aliphatic rings. The van der Waals surface area contributed by atoms with E-state index >= 15 is 0 Å². The molecule has 0 aromatic carbocycles. The first kappa shape index (κ1) is 27.0. The molecule has 0 aliphatic carbocycles. The summed E-state index contributed by atoms with van der Waals surface area (Å²) in [5.41, 5.74) is 0. The summed E-state index contributed by atoms with van der Waals surface area (Å²) in [4.78, 5) is 0. The van der Waals surface area contributed by atoms with Gasteiger partial charge in [0.05, 0.1) is 0 Å². The number of hydrogen-bond donors (Lipinski definition) is 0. The Morgan fingerprint density at radius 2 is 0.615 bits per heavy atom. The zero-order valence-corrected chi connectivity index (χ0v) is 24.5. The normalized spacial score (nSPS) is 12.7. The van der Waals surface area contributed by atoms with Gasteiger partial charge in [-0.3, -0.25) is 0 Å². The van der Waals surface area contributed by atoms with Gasteiger partial charge in [-0.15, -0.1) is 0 Å². The molecule has 0 aromatic heterocycles. The fourth-order valence-corrected chi connectivity index (χ4v) is 15.1. The molecule has 0 N–H and O–H groups in total. The molecule has 0 aliphatic heterocycles. The van der Waals surface area contributed by atoms with Crippen LogP contribution in [-0.2, 0) is 0 Å². The van der Waals surface area contributed by atoms with E-state index in [9.17, 15) is 0 Å². The second kappa shape index (κ2) is 20.7. The average molecular weight is 447 g/mol. The van der Waals surface area contributed by atoms with Crippen molar-refractivity contribution in [3.63, 3.8) is 0 Å². The van der Waals surface area contributed by atoms with Crippen molar-refractivity contribution in [2.24, 2.45) is 0 Å². The van der Waals surface area contributed by atoms with Crippen molar-refractivity contribution in [3.8, 4) is 0 Å². The van der Waals surface area contributed by atoms with Gasteiger partial charge in [0.2, 0.25) is 0 Å². The summed E-state index contributed by atoms with van der Waals surface area (Å²) >= 11 is 1.15. The maximum atomic E-state index is 2.33. The van der Waals surface area contributed by atoms with Crippen molar-refractivity contribution >= 4 is 21.9 Å². The molecule has 0 atom stereocenters. The van der Waals surface area contributed by atoms with E-state index in [2.05, 4.69) is 20.8 Å². The second-order valence-electron chi connectivity index (χ2n) is 9.36. The van der Waals surface area contributed by atoms with Gasteiger partial charge in [0.15, 0.2) is 0 Å². The predicted molar refractivity (Wildman–Crippen MR) is 133 cm³/mol.